The second kappa shape index (κ2) is 9.93. The first-order chi connectivity index (χ1) is 15.7. The Morgan fingerprint density at radius 1 is 0.625 bits per heavy atom. The van der Waals surface area contributed by atoms with Crippen molar-refractivity contribution in [1.29, 1.82) is 0 Å². The van der Waals surface area contributed by atoms with Crippen molar-refractivity contribution in [3.05, 3.63) is 18.5 Å². The second-order valence-electron chi connectivity index (χ2n) is 10.9. The molecular formula is C27H39N3O2. The number of carbonyl (C=O) groups excluding carboxylic acids is 2. The number of anilines is 2. The van der Waals surface area contributed by atoms with Crippen LogP contribution >= 0.6 is 0 Å². The van der Waals surface area contributed by atoms with E-state index in [9.17, 15) is 9.59 Å². The average molecular weight is 438 g/mol. The highest BCUT2D eigenvalue weighted by Crippen LogP contribution is 2.45. The maximum absolute atomic E-state index is 13.1. The number of amides is 2. The molecule has 1 aromatic rings. The molecule has 0 aromatic carbocycles. The van der Waals surface area contributed by atoms with Crippen LogP contribution in [0.5, 0.6) is 0 Å². The maximum Gasteiger partial charge on any atom is 0.227 e. The summed E-state index contributed by atoms with van der Waals surface area (Å²) < 4.78 is 0. The minimum absolute atomic E-state index is 0.123. The minimum Gasteiger partial charge on any atom is -0.324 e. The number of fused-ring (bicyclic) bond motifs is 2. The fourth-order valence-corrected chi connectivity index (χ4v) is 7.57. The smallest absolute Gasteiger partial charge is 0.227 e. The number of rotatable bonds is 4. The van der Waals surface area contributed by atoms with Crippen LogP contribution < -0.4 is 10.6 Å². The van der Waals surface area contributed by atoms with E-state index >= 15 is 0 Å². The zero-order chi connectivity index (χ0) is 21.9. The van der Waals surface area contributed by atoms with Gasteiger partial charge in [0.05, 0.1) is 23.8 Å². The number of carbonyl (C=O) groups is 2. The molecule has 0 aliphatic heterocycles. The number of hydrogen-bond donors (Lipinski definition) is 2. The third-order valence-electron chi connectivity index (χ3n) is 9.10. The Morgan fingerprint density at radius 2 is 1.06 bits per heavy atom. The van der Waals surface area contributed by atoms with Gasteiger partial charge in [-0.15, -0.1) is 0 Å². The summed E-state index contributed by atoms with van der Waals surface area (Å²) in [6.07, 6.45) is 20.5. The van der Waals surface area contributed by atoms with Gasteiger partial charge < -0.3 is 10.6 Å². The van der Waals surface area contributed by atoms with E-state index in [1.165, 1.54) is 64.2 Å². The van der Waals surface area contributed by atoms with Gasteiger partial charge in [-0.1, -0.05) is 64.2 Å². The van der Waals surface area contributed by atoms with Gasteiger partial charge in [-0.05, 0) is 55.4 Å². The number of aromatic nitrogens is 1. The van der Waals surface area contributed by atoms with E-state index in [0.717, 1.165) is 37.5 Å². The molecule has 5 rings (SSSR count). The Balaban J connectivity index is 1.21. The lowest BCUT2D eigenvalue weighted by atomic mass is 9.65. The number of nitrogens with one attached hydrogen (secondary N) is 2. The molecule has 4 aliphatic rings. The lowest BCUT2D eigenvalue weighted by Gasteiger charge is -2.40. The summed E-state index contributed by atoms with van der Waals surface area (Å²) >= 11 is 0. The molecule has 0 radical (unpaired) electrons. The van der Waals surface area contributed by atoms with Crippen LogP contribution in [0.1, 0.15) is 89.9 Å². The first kappa shape index (κ1) is 21.9. The summed E-state index contributed by atoms with van der Waals surface area (Å²) in [4.78, 5) is 30.6. The van der Waals surface area contributed by atoms with Crippen molar-refractivity contribution in [2.75, 3.05) is 10.6 Å². The average Bonchev–Trinajstić information content (AvgIpc) is 2.83. The van der Waals surface area contributed by atoms with Crippen molar-refractivity contribution in [3.63, 3.8) is 0 Å². The molecule has 1 heterocycles. The molecule has 174 valence electrons. The molecule has 6 unspecified atom stereocenters. The van der Waals surface area contributed by atoms with Crippen molar-refractivity contribution >= 4 is 23.2 Å². The van der Waals surface area contributed by atoms with Crippen LogP contribution in [0.2, 0.25) is 0 Å². The van der Waals surface area contributed by atoms with Gasteiger partial charge in [0.1, 0.15) is 0 Å². The van der Waals surface area contributed by atoms with Gasteiger partial charge in [-0.3, -0.25) is 14.6 Å². The lowest BCUT2D eigenvalue weighted by molar-refractivity contribution is -0.125. The van der Waals surface area contributed by atoms with Crippen LogP contribution in [0, 0.1) is 35.5 Å². The molecule has 4 aliphatic carbocycles. The SMILES string of the molecule is O=C(Nc1cncc(NC(=O)C2CCCC3CCCCC32)c1)C1CCCC2CCCCC21. The van der Waals surface area contributed by atoms with Crippen LogP contribution in [0.4, 0.5) is 11.4 Å². The third kappa shape index (κ3) is 4.72. The molecule has 2 N–H and O–H groups in total. The molecule has 1 aromatic heterocycles. The number of pyridine rings is 1. The predicted molar refractivity (Wildman–Crippen MR) is 127 cm³/mol. The largest absolute Gasteiger partial charge is 0.324 e. The van der Waals surface area contributed by atoms with E-state index in [2.05, 4.69) is 15.6 Å². The van der Waals surface area contributed by atoms with E-state index in [1.54, 1.807) is 12.4 Å². The van der Waals surface area contributed by atoms with Crippen LogP contribution in [-0.4, -0.2) is 16.8 Å². The zero-order valence-corrected chi connectivity index (χ0v) is 19.4. The van der Waals surface area contributed by atoms with E-state index in [4.69, 9.17) is 0 Å². The van der Waals surface area contributed by atoms with Crippen LogP contribution in [0.3, 0.4) is 0 Å². The summed E-state index contributed by atoms with van der Waals surface area (Å²) in [5.74, 6) is 3.09. The quantitative estimate of drug-likeness (QED) is 0.591. The van der Waals surface area contributed by atoms with Crippen molar-refractivity contribution in [2.24, 2.45) is 35.5 Å². The molecular weight excluding hydrogens is 398 g/mol. The van der Waals surface area contributed by atoms with E-state index in [1.807, 2.05) is 6.07 Å². The fraction of sp³-hybridized carbons (Fsp3) is 0.741. The Hall–Kier alpha value is -1.91. The molecule has 32 heavy (non-hydrogen) atoms. The molecule has 0 bridgehead atoms. The molecule has 5 nitrogen and oxygen atoms in total. The summed E-state index contributed by atoms with van der Waals surface area (Å²) in [7, 11) is 0. The summed E-state index contributed by atoms with van der Waals surface area (Å²) in [6, 6.07) is 1.88. The van der Waals surface area contributed by atoms with Crippen LogP contribution in [0.25, 0.3) is 0 Å². The van der Waals surface area contributed by atoms with Gasteiger partial charge in [0, 0.05) is 11.8 Å². The fourth-order valence-electron chi connectivity index (χ4n) is 7.57. The Kier molecular flexibility index (Phi) is 6.80. The Labute approximate surface area is 192 Å². The molecule has 6 atom stereocenters. The first-order valence-electron chi connectivity index (χ1n) is 13.3. The van der Waals surface area contributed by atoms with Gasteiger partial charge in [0.2, 0.25) is 11.8 Å². The minimum atomic E-state index is 0.123. The standard InChI is InChI=1S/C27H39N3O2/c31-26(24-13-5-9-18-7-1-3-11-22(18)24)29-20-15-21(17-28-16-20)30-27(32)25-14-6-10-19-8-2-4-12-23(19)25/h15-19,22-25H,1-14H2,(H,29,31)(H,30,32). The van der Waals surface area contributed by atoms with Crippen molar-refractivity contribution < 1.29 is 9.59 Å². The van der Waals surface area contributed by atoms with Gasteiger partial charge >= 0.3 is 0 Å². The van der Waals surface area contributed by atoms with Gasteiger partial charge in [-0.25, -0.2) is 0 Å². The van der Waals surface area contributed by atoms with Crippen molar-refractivity contribution in [3.8, 4) is 0 Å². The highest BCUT2D eigenvalue weighted by molar-refractivity contribution is 5.95. The highest BCUT2D eigenvalue weighted by Gasteiger charge is 2.39. The van der Waals surface area contributed by atoms with E-state index < -0.39 is 0 Å². The maximum atomic E-state index is 13.1. The molecule has 0 saturated heterocycles. The number of nitrogens with zero attached hydrogens (tertiary/aromatic N) is 1. The normalized spacial score (nSPS) is 34.6. The summed E-state index contributed by atoms with van der Waals surface area (Å²) in [6.45, 7) is 0. The topological polar surface area (TPSA) is 71.1 Å². The lowest BCUT2D eigenvalue weighted by Crippen LogP contribution is -2.38. The number of hydrogen-bond acceptors (Lipinski definition) is 3. The molecule has 0 spiro atoms. The zero-order valence-electron chi connectivity index (χ0n) is 19.4. The van der Waals surface area contributed by atoms with E-state index in [-0.39, 0.29) is 23.7 Å². The van der Waals surface area contributed by atoms with Gasteiger partial charge in [-0.2, -0.15) is 0 Å². The van der Waals surface area contributed by atoms with E-state index in [0.29, 0.717) is 23.2 Å². The third-order valence-corrected chi connectivity index (χ3v) is 9.10. The predicted octanol–water partition coefficient (Wildman–Crippen LogP) is 6.17. The second-order valence-corrected chi connectivity index (χ2v) is 10.9. The molecule has 4 fully saturated rings. The Morgan fingerprint density at radius 3 is 1.56 bits per heavy atom. The van der Waals surface area contributed by atoms with Gasteiger partial charge in [0.15, 0.2) is 0 Å². The monoisotopic (exact) mass is 437 g/mol. The van der Waals surface area contributed by atoms with Crippen LogP contribution in [0.15, 0.2) is 18.5 Å². The summed E-state index contributed by atoms with van der Waals surface area (Å²) in [5, 5.41) is 6.26. The van der Waals surface area contributed by atoms with Crippen molar-refractivity contribution in [1.82, 2.24) is 4.98 Å². The van der Waals surface area contributed by atoms with Crippen molar-refractivity contribution in [2.45, 2.75) is 89.9 Å². The first-order valence-corrected chi connectivity index (χ1v) is 13.3. The molecule has 5 heteroatoms. The highest BCUT2D eigenvalue weighted by atomic mass is 16.2. The van der Waals surface area contributed by atoms with Gasteiger partial charge in [0.25, 0.3) is 0 Å². The molecule has 2 amide bonds. The Bertz CT molecular complexity index is 758. The summed E-state index contributed by atoms with van der Waals surface area (Å²) in [5.41, 5.74) is 1.40. The molecule has 4 saturated carbocycles. The van der Waals surface area contributed by atoms with Crippen LogP contribution in [-0.2, 0) is 9.59 Å².